The maximum Gasteiger partial charge on any atom is 0.302 e. The summed E-state index contributed by atoms with van der Waals surface area (Å²) < 4.78 is 34.8. The quantitative estimate of drug-likeness (QED) is 0.141. The van der Waals surface area contributed by atoms with Gasteiger partial charge in [0.2, 0.25) is 0 Å². The fraction of sp³-hybridized carbons (Fsp3) is 0.620. The Hall–Kier alpha value is -6.62. The van der Waals surface area contributed by atoms with Crippen LogP contribution in [0.25, 0.3) is 22.3 Å². The lowest BCUT2D eigenvalue weighted by Gasteiger charge is -2.57. The fourth-order valence-electron chi connectivity index (χ4n) is 29.2. The van der Waals surface area contributed by atoms with E-state index in [-0.39, 0.29) is 68.8 Å². The first-order chi connectivity index (χ1) is 54.1. The summed E-state index contributed by atoms with van der Waals surface area (Å²) in [6, 6.07) is 13.2. The molecule has 12 unspecified atom stereocenters. The minimum absolute atomic E-state index is 0.0663. The number of carbonyl (C=O) groups excluding carboxylic acids is 2. The minimum Gasteiger partial charge on any atom is -0.462 e. The van der Waals surface area contributed by atoms with Crippen LogP contribution >= 0.6 is 0 Å². The molecular formula is C100H128N4O6. The molecule has 0 amide bonds. The Morgan fingerprint density at radius 3 is 0.964 bits per heavy atom. The van der Waals surface area contributed by atoms with Gasteiger partial charge in [0, 0.05) is 76.2 Å². The van der Waals surface area contributed by atoms with E-state index in [4.69, 9.17) is 13.6 Å². The first kappa shape index (κ1) is 72.4. The number of fused-ring (bicyclic) bond motifs is 20. The van der Waals surface area contributed by atoms with E-state index in [9.17, 15) is 19.8 Å². The van der Waals surface area contributed by atoms with Crippen molar-refractivity contribution in [2.45, 2.75) is 273 Å². The molecule has 16 aliphatic rings. The van der Waals surface area contributed by atoms with Gasteiger partial charge in [0.15, 0.2) is 0 Å². The van der Waals surface area contributed by atoms with Gasteiger partial charge in [-0.1, -0.05) is 151 Å². The van der Waals surface area contributed by atoms with Gasteiger partial charge in [-0.05, 0) is 350 Å². The van der Waals surface area contributed by atoms with Gasteiger partial charge < -0.3 is 19.7 Å². The highest BCUT2D eigenvalue weighted by molar-refractivity contribution is 5.75. The molecule has 584 valence electrons. The number of ether oxygens (including phenoxy) is 2. The summed E-state index contributed by atoms with van der Waals surface area (Å²) in [5.74, 6) is 8.51. The molecule has 8 saturated carbocycles. The van der Waals surface area contributed by atoms with E-state index in [0.717, 1.165) is 155 Å². The molecule has 24 atom stereocenters. The van der Waals surface area contributed by atoms with Crippen LogP contribution in [-0.4, -0.2) is 66.5 Å². The third-order valence-corrected chi connectivity index (χ3v) is 35.0. The molecule has 4 aromatic heterocycles. The third-order valence-electron chi connectivity index (χ3n) is 35.0. The van der Waals surface area contributed by atoms with Gasteiger partial charge in [0.1, 0.15) is 12.2 Å². The number of aliphatic hydroxyl groups is 2. The fourth-order valence-corrected chi connectivity index (χ4v) is 29.2. The smallest absolute Gasteiger partial charge is 0.302 e. The number of aliphatic hydroxyl groups excluding tert-OH is 2. The molecular weight excluding hydrogens is 1350 g/mol. The molecule has 0 spiro atoms. The predicted octanol–water partition coefficient (Wildman–Crippen LogP) is 22.7. The summed E-state index contributed by atoms with van der Waals surface area (Å²) in [7, 11) is 0. The van der Waals surface area contributed by atoms with Crippen LogP contribution < -0.4 is 0 Å². The largest absolute Gasteiger partial charge is 0.462 e. The molecule has 4 aromatic rings. The van der Waals surface area contributed by atoms with Crippen LogP contribution in [0.3, 0.4) is 0 Å². The van der Waals surface area contributed by atoms with Gasteiger partial charge >= 0.3 is 11.9 Å². The molecule has 0 aromatic carbocycles. The number of aromatic nitrogens is 4. The molecule has 4 heterocycles. The maximum absolute atomic E-state index is 11.4. The number of hydrogen-bond acceptors (Lipinski definition) is 10. The number of esters is 2. The van der Waals surface area contributed by atoms with Crippen molar-refractivity contribution in [1.82, 2.24) is 19.9 Å². The van der Waals surface area contributed by atoms with Crippen LogP contribution in [0.4, 0.5) is 0 Å². The monoisotopic (exact) mass is 1480 g/mol. The molecule has 0 aliphatic heterocycles. The summed E-state index contributed by atoms with van der Waals surface area (Å²) in [6.07, 6.45) is 64.8. The lowest BCUT2D eigenvalue weighted by molar-refractivity contribution is -0.149. The van der Waals surface area contributed by atoms with Crippen molar-refractivity contribution in [1.29, 1.82) is 0 Å². The zero-order chi connectivity index (χ0) is 78.9. The highest BCUT2D eigenvalue weighted by Gasteiger charge is 2.62. The number of pyridine rings is 4. The average molecular weight is 1490 g/mol. The van der Waals surface area contributed by atoms with Gasteiger partial charge in [0.05, 0.1) is 16.3 Å². The predicted molar refractivity (Wildman–Crippen MR) is 440 cm³/mol. The Morgan fingerprint density at radius 1 is 0.355 bits per heavy atom. The third kappa shape index (κ3) is 12.9. The van der Waals surface area contributed by atoms with E-state index >= 15 is 0 Å². The van der Waals surface area contributed by atoms with Crippen LogP contribution in [0, 0.1) is 114 Å². The number of rotatable bonds is 6. The van der Waals surface area contributed by atoms with Crippen molar-refractivity contribution < 1.29 is 33.4 Å². The second kappa shape index (κ2) is 29.3. The first-order valence-electron chi connectivity index (χ1n) is 45.0. The summed E-state index contributed by atoms with van der Waals surface area (Å²) in [6.45, 7) is 23.0. The van der Waals surface area contributed by atoms with Crippen molar-refractivity contribution >= 4 is 34.2 Å². The number of nitrogens with zero attached hydrogens (tertiary/aromatic N) is 4. The van der Waals surface area contributed by atoms with Crippen molar-refractivity contribution in [3.05, 3.63) is 191 Å². The lowest BCUT2D eigenvalue weighted by Crippen LogP contribution is -2.50. The van der Waals surface area contributed by atoms with Crippen molar-refractivity contribution in [2.24, 2.45) is 114 Å². The van der Waals surface area contributed by atoms with Gasteiger partial charge in [0.25, 0.3) is 0 Å². The zero-order valence-corrected chi connectivity index (χ0v) is 68.0. The van der Waals surface area contributed by atoms with Crippen LogP contribution in [0.15, 0.2) is 169 Å². The van der Waals surface area contributed by atoms with Crippen LogP contribution in [0.2, 0.25) is 0 Å². The van der Waals surface area contributed by atoms with Crippen molar-refractivity contribution in [2.75, 3.05) is 0 Å². The van der Waals surface area contributed by atoms with Crippen LogP contribution in [0.1, 0.15) is 275 Å². The van der Waals surface area contributed by atoms with Gasteiger partial charge in [-0.25, -0.2) is 0 Å². The molecule has 0 bridgehead atoms. The van der Waals surface area contributed by atoms with E-state index in [2.05, 4.69) is 142 Å². The van der Waals surface area contributed by atoms with E-state index in [1.54, 1.807) is 34.7 Å². The standard InChI is InChI=1S/2C26H33NO2.2C24H31NO/c2*1-17(28)29-20-10-12-25(2)19(15-20)6-7-21-23-9-8-22(18-5-4-14-27-16-18)26(23,3)13-11-24(21)25;2*1-23-11-9-18(26)14-17(23)5-6-19-21-8-7-20(16-4-3-13-25-15-16)24(21,2)12-10-22(19)23/h2*4-6,8,14,16,20-21,23-24H,7,9-13,15H2,1-3H3;2*3-5,7,13,15,18-19,21-22,26H,6,8-12,14H2,1-2H3/t2*20-,21?,23?,24?,25-,26+;2*18-,19?,21?,22?,23-,24+/m0000/s1/i4D;;13D;3D. The van der Waals surface area contributed by atoms with Crippen molar-refractivity contribution in [3.63, 3.8) is 0 Å². The summed E-state index contributed by atoms with van der Waals surface area (Å²) in [4.78, 5) is 40.1. The Morgan fingerprint density at radius 2 is 0.655 bits per heavy atom. The highest BCUT2D eigenvalue weighted by Crippen LogP contribution is 2.72. The zero-order valence-electron chi connectivity index (χ0n) is 71.0. The number of hydrogen-bond donors (Lipinski definition) is 2. The molecule has 16 aliphatic carbocycles. The molecule has 10 heteroatoms. The second-order valence-corrected chi connectivity index (χ2v) is 39.8. The van der Waals surface area contributed by atoms with E-state index in [1.165, 1.54) is 131 Å². The van der Waals surface area contributed by atoms with Gasteiger partial charge in [-0.3, -0.25) is 29.5 Å². The van der Waals surface area contributed by atoms with Gasteiger partial charge in [-0.15, -0.1) is 0 Å². The van der Waals surface area contributed by atoms with Gasteiger partial charge in [-0.2, -0.15) is 0 Å². The Kier molecular flexibility index (Phi) is 19.3. The first-order valence-corrected chi connectivity index (χ1v) is 43.5. The second-order valence-electron chi connectivity index (χ2n) is 39.8. The number of allylic oxidation sites excluding steroid dienone is 12. The van der Waals surface area contributed by atoms with Crippen LogP contribution in [0.5, 0.6) is 0 Å². The summed E-state index contributed by atoms with van der Waals surface area (Å²) in [5, 5.41) is 20.3. The molecule has 20 rings (SSSR count). The number of carbonyl (C=O) groups is 2. The molecule has 0 radical (unpaired) electrons. The van der Waals surface area contributed by atoms with Crippen molar-refractivity contribution in [3.8, 4) is 0 Å². The SMILES string of the molecule is CC(=O)O[C@H]1CC[C@@]2(C)C(=CCC3C2CC[C@]2(C)C(c4cccnc4)=CCC32)C1.[2H]c1ccc(C2=CCC3C4CC=C5C[C@@H](O)CC[C@]5(C)C4CC[C@]23C)cn1.[2H]c1cncc(C2=CCC3C4CC=C5C[C@@H](O)CC[C@]5(C)C4CC[C@]23C)c1.[2H]c1cncc(C2=CCC3C4CC=C5C[C@@H](OC(C)=O)CC[C@]5(C)C4CC[C@]23C)c1. The van der Waals surface area contributed by atoms with Crippen LogP contribution in [-0.2, 0) is 19.1 Å². The average Bonchev–Trinajstić information content (AvgIpc) is 1.69. The van der Waals surface area contributed by atoms with E-state index in [0.29, 0.717) is 52.8 Å². The molecule has 0 saturated heterocycles. The molecule has 8 fully saturated rings. The minimum atomic E-state index is -0.151. The Balaban J connectivity index is 0.000000109. The molecule has 10 nitrogen and oxygen atoms in total. The Bertz CT molecular complexity index is 4600. The van der Waals surface area contributed by atoms with E-state index in [1.807, 2.05) is 49.2 Å². The maximum atomic E-state index is 11.4. The summed E-state index contributed by atoms with van der Waals surface area (Å²) in [5.41, 5.74) is 19.0. The topological polar surface area (TPSA) is 145 Å². The Labute approximate surface area is 662 Å². The lowest BCUT2D eigenvalue weighted by atomic mass is 9.47. The normalized spacial score (nSPS) is 42.9. The highest BCUT2D eigenvalue weighted by atomic mass is 16.5. The van der Waals surface area contributed by atoms with E-state index < -0.39 is 0 Å². The summed E-state index contributed by atoms with van der Waals surface area (Å²) >= 11 is 0. The molecule has 110 heavy (non-hydrogen) atoms. The molecule has 2 N–H and O–H groups in total.